The van der Waals surface area contributed by atoms with Crippen LogP contribution in [0.2, 0.25) is 10.0 Å². The van der Waals surface area contributed by atoms with Crippen molar-refractivity contribution in [1.82, 2.24) is 0 Å². The SMILES string of the molecule is COC(=O)CC1(CC(=O)Cc2ccc(Cl)cc2Cl)CCCC(C)C1. The molecule has 132 valence electrons. The molecule has 0 N–H and O–H groups in total. The maximum atomic E-state index is 12.7. The number of ether oxygens (including phenoxy) is 1. The topological polar surface area (TPSA) is 43.4 Å². The van der Waals surface area contributed by atoms with Gasteiger partial charge in [0, 0.05) is 22.9 Å². The molecule has 2 atom stereocenters. The van der Waals surface area contributed by atoms with Crippen LogP contribution in [0, 0.1) is 11.3 Å². The molecular weight excluding hydrogens is 347 g/mol. The van der Waals surface area contributed by atoms with Gasteiger partial charge < -0.3 is 4.74 Å². The average Bonchev–Trinajstić information content (AvgIpc) is 2.49. The molecule has 0 amide bonds. The molecule has 0 aromatic heterocycles. The molecule has 0 aliphatic heterocycles. The summed E-state index contributed by atoms with van der Waals surface area (Å²) in [5, 5.41) is 1.06. The van der Waals surface area contributed by atoms with Crippen molar-refractivity contribution in [2.75, 3.05) is 7.11 Å². The second-order valence-electron chi connectivity index (χ2n) is 7.08. The van der Waals surface area contributed by atoms with Crippen molar-refractivity contribution >= 4 is 35.0 Å². The van der Waals surface area contributed by atoms with Gasteiger partial charge in [-0.25, -0.2) is 0 Å². The Hall–Kier alpha value is -1.06. The molecule has 1 aliphatic carbocycles. The molecule has 1 aliphatic rings. The van der Waals surface area contributed by atoms with Gasteiger partial charge in [0.2, 0.25) is 0 Å². The first kappa shape index (κ1) is 19.3. The van der Waals surface area contributed by atoms with Crippen LogP contribution in [0.4, 0.5) is 0 Å². The van der Waals surface area contributed by atoms with Crippen LogP contribution in [0.15, 0.2) is 18.2 Å². The van der Waals surface area contributed by atoms with Gasteiger partial charge in [-0.3, -0.25) is 9.59 Å². The Bertz CT molecular complexity index is 615. The van der Waals surface area contributed by atoms with Crippen LogP contribution in [-0.2, 0) is 20.7 Å². The van der Waals surface area contributed by atoms with E-state index in [4.69, 9.17) is 27.9 Å². The minimum absolute atomic E-state index is 0.109. The molecule has 3 nitrogen and oxygen atoms in total. The van der Waals surface area contributed by atoms with Crippen molar-refractivity contribution in [1.29, 1.82) is 0 Å². The van der Waals surface area contributed by atoms with E-state index in [2.05, 4.69) is 6.92 Å². The fourth-order valence-electron chi connectivity index (χ4n) is 3.89. The molecule has 2 unspecified atom stereocenters. The normalized spacial score (nSPS) is 23.8. The Kier molecular flexibility index (Phi) is 6.70. The predicted molar refractivity (Wildman–Crippen MR) is 96.5 cm³/mol. The Labute approximate surface area is 153 Å². The Morgan fingerprint density at radius 2 is 2.04 bits per heavy atom. The van der Waals surface area contributed by atoms with Gasteiger partial charge in [-0.1, -0.05) is 49.0 Å². The van der Waals surface area contributed by atoms with Crippen LogP contribution in [0.1, 0.15) is 51.0 Å². The lowest BCUT2D eigenvalue weighted by Crippen LogP contribution is -2.33. The standard InChI is InChI=1S/C19H24Cl2O3/c1-13-4-3-7-19(10-13,12-18(23)24-2)11-16(22)8-14-5-6-15(20)9-17(14)21/h5-6,9,13H,3-4,7-8,10-12H2,1-2H3. The lowest BCUT2D eigenvalue weighted by Gasteiger charge is -2.39. The Balaban J connectivity index is 2.10. The lowest BCUT2D eigenvalue weighted by atomic mass is 9.65. The number of rotatable bonds is 6. The summed E-state index contributed by atoms with van der Waals surface area (Å²) in [6.07, 6.45) is 4.97. The predicted octanol–water partition coefficient (Wildman–Crippen LogP) is 5.25. The molecule has 5 heteroatoms. The third kappa shape index (κ3) is 5.22. The summed E-state index contributed by atoms with van der Waals surface area (Å²) in [4.78, 5) is 24.5. The summed E-state index contributed by atoms with van der Waals surface area (Å²) < 4.78 is 4.86. The number of hydrogen-bond acceptors (Lipinski definition) is 3. The number of halogens is 2. The first-order valence-corrected chi connectivity index (χ1v) is 9.11. The van der Waals surface area contributed by atoms with Crippen LogP contribution in [0.25, 0.3) is 0 Å². The zero-order chi connectivity index (χ0) is 17.7. The average molecular weight is 371 g/mol. The van der Waals surface area contributed by atoms with Gasteiger partial charge >= 0.3 is 5.97 Å². The number of ketones is 1. The number of esters is 1. The summed E-state index contributed by atoms with van der Waals surface area (Å²) in [6, 6.07) is 5.18. The summed E-state index contributed by atoms with van der Waals surface area (Å²) in [5.41, 5.74) is 0.504. The molecule has 1 fully saturated rings. The van der Waals surface area contributed by atoms with Crippen LogP contribution in [0.3, 0.4) is 0 Å². The largest absolute Gasteiger partial charge is 0.469 e. The second kappa shape index (κ2) is 8.35. The van der Waals surface area contributed by atoms with E-state index in [1.54, 1.807) is 18.2 Å². The molecule has 1 aromatic rings. The van der Waals surface area contributed by atoms with Crippen molar-refractivity contribution < 1.29 is 14.3 Å². The van der Waals surface area contributed by atoms with Crippen LogP contribution < -0.4 is 0 Å². The van der Waals surface area contributed by atoms with E-state index in [0.29, 0.717) is 28.8 Å². The van der Waals surface area contributed by atoms with Crippen molar-refractivity contribution in [2.24, 2.45) is 11.3 Å². The fourth-order valence-corrected chi connectivity index (χ4v) is 4.36. The van der Waals surface area contributed by atoms with E-state index in [9.17, 15) is 9.59 Å². The third-order valence-corrected chi connectivity index (χ3v) is 5.49. The van der Waals surface area contributed by atoms with Gasteiger partial charge in [0.1, 0.15) is 5.78 Å². The molecule has 0 heterocycles. The van der Waals surface area contributed by atoms with Gasteiger partial charge in [0.15, 0.2) is 0 Å². The molecule has 0 bridgehead atoms. The molecule has 1 saturated carbocycles. The number of carbonyl (C=O) groups is 2. The van der Waals surface area contributed by atoms with Gasteiger partial charge in [-0.05, 0) is 41.9 Å². The highest BCUT2D eigenvalue weighted by Crippen LogP contribution is 2.45. The first-order chi connectivity index (χ1) is 11.3. The molecular formula is C19H24Cl2O3. The highest BCUT2D eigenvalue weighted by molar-refractivity contribution is 6.35. The third-order valence-electron chi connectivity index (χ3n) is 4.91. The van der Waals surface area contributed by atoms with E-state index in [-0.39, 0.29) is 23.6 Å². The monoisotopic (exact) mass is 370 g/mol. The van der Waals surface area contributed by atoms with Crippen molar-refractivity contribution in [3.05, 3.63) is 33.8 Å². The Morgan fingerprint density at radius 1 is 1.29 bits per heavy atom. The quantitative estimate of drug-likeness (QED) is 0.641. The summed E-state index contributed by atoms with van der Waals surface area (Å²) in [6.45, 7) is 2.19. The second-order valence-corrected chi connectivity index (χ2v) is 7.93. The first-order valence-electron chi connectivity index (χ1n) is 8.36. The zero-order valence-corrected chi connectivity index (χ0v) is 15.8. The number of Topliss-reactive ketones (excluding diaryl/α,β-unsaturated/α-hetero) is 1. The van der Waals surface area contributed by atoms with Crippen LogP contribution >= 0.6 is 23.2 Å². The van der Waals surface area contributed by atoms with E-state index >= 15 is 0 Å². The molecule has 0 radical (unpaired) electrons. The summed E-state index contributed by atoms with van der Waals surface area (Å²) >= 11 is 12.1. The maximum absolute atomic E-state index is 12.7. The van der Waals surface area contributed by atoms with Gasteiger partial charge in [0.25, 0.3) is 0 Å². The minimum Gasteiger partial charge on any atom is -0.469 e. The number of benzene rings is 1. The van der Waals surface area contributed by atoms with Gasteiger partial charge in [-0.2, -0.15) is 0 Å². The van der Waals surface area contributed by atoms with Crippen LogP contribution in [-0.4, -0.2) is 18.9 Å². The van der Waals surface area contributed by atoms with Crippen molar-refractivity contribution in [2.45, 2.75) is 51.9 Å². The van der Waals surface area contributed by atoms with Crippen molar-refractivity contribution in [3.63, 3.8) is 0 Å². The molecule has 1 aromatic carbocycles. The zero-order valence-electron chi connectivity index (χ0n) is 14.2. The number of hydrogen-bond donors (Lipinski definition) is 0. The molecule has 0 saturated heterocycles. The molecule has 24 heavy (non-hydrogen) atoms. The maximum Gasteiger partial charge on any atom is 0.306 e. The summed E-state index contributed by atoms with van der Waals surface area (Å²) in [7, 11) is 1.40. The minimum atomic E-state index is -0.277. The van der Waals surface area contributed by atoms with Crippen LogP contribution in [0.5, 0.6) is 0 Å². The fraction of sp³-hybridized carbons (Fsp3) is 0.579. The van der Waals surface area contributed by atoms with E-state index < -0.39 is 0 Å². The highest BCUT2D eigenvalue weighted by Gasteiger charge is 2.38. The Morgan fingerprint density at radius 3 is 2.67 bits per heavy atom. The number of methoxy groups -OCH3 is 1. The highest BCUT2D eigenvalue weighted by atomic mass is 35.5. The number of carbonyl (C=O) groups excluding carboxylic acids is 2. The van der Waals surface area contributed by atoms with E-state index in [0.717, 1.165) is 31.2 Å². The summed E-state index contributed by atoms with van der Waals surface area (Å²) in [5.74, 6) is 0.397. The van der Waals surface area contributed by atoms with E-state index in [1.165, 1.54) is 7.11 Å². The van der Waals surface area contributed by atoms with Gasteiger partial charge in [0.05, 0.1) is 13.5 Å². The van der Waals surface area contributed by atoms with Crippen molar-refractivity contribution in [3.8, 4) is 0 Å². The molecule has 0 spiro atoms. The molecule has 2 rings (SSSR count). The van der Waals surface area contributed by atoms with E-state index in [1.807, 2.05) is 0 Å². The lowest BCUT2D eigenvalue weighted by molar-refractivity contribution is -0.144. The smallest absolute Gasteiger partial charge is 0.306 e. The van der Waals surface area contributed by atoms with Gasteiger partial charge in [-0.15, -0.1) is 0 Å².